The summed E-state index contributed by atoms with van der Waals surface area (Å²) in [5, 5.41) is 2.58. The summed E-state index contributed by atoms with van der Waals surface area (Å²) in [5.74, 6) is 0.155. The van der Waals surface area contributed by atoms with Crippen LogP contribution < -0.4 is 14.4 Å². The maximum absolute atomic E-state index is 13.1. The number of nitrogens with one attached hydrogen (secondary N) is 1. The third-order valence-corrected chi connectivity index (χ3v) is 6.29. The van der Waals surface area contributed by atoms with Crippen LogP contribution in [0.3, 0.4) is 0 Å². The van der Waals surface area contributed by atoms with E-state index in [1.165, 1.54) is 16.3 Å². The molecule has 174 valence electrons. The second-order valence-corrected chi connectivity index (χ2v) is 9.34. The van der Waals surface area contributed by atoms with Crippen molar-refractivity contribution in [3.8, 4) is 5.75 Å². The molecule has 9 heteroatoms. The largest absolute Gasteiger partial charge is 0.497 e. The summed E-state index contributed by atoms with van der Waals surface area (Å²) < 4.78 is 31.0. The normalized spacial score (nSPS) is 12.0. The quantitative estimate of drug-likeness (QED) is 0.554. The van der Waals surface area contributed by atoms with Crippen molar-refractivity contribution in [3.05, 3.63) is 60.2 Å². The number of hydrogen-bond donors (Lipinski definition) is 1. The number of sulfonamides is 1. The first kappa shape index (κ1) is 25.2. The second-order valence-electron chi connectivity index (χ2n) is 7.44. The lowest BCUT2D eigenvalue weighted by molar-refractivity contribution is -0.140. The predicted molar refractivity (Wildman–Crippen MR) is 125 cm³/mol. The molecule has 2 aromatic carbocycles. The molecule has 0 aliphatic rings. The monoisotopic (exact) mass is 461 g/mol. The van der Waals surface area contributed by atoms with Gasteiger partial charge >= 0.3 is 0 Å². The van der Waals surface area contributed by atoms with Gasteiger partial charge in [-0.15, -0.1) is 0 Å². The Morgan fingerprint density at radius 1 is 1.09 bits per heavy atom. The van der Waals surface area contributed by atoms with E-state index in [2.05, 4.69) is 5.32 Å². The number of hydrogen-bond acceptors (Lipinski definition) is 5. The highest BCUT2D eigenvalue weighted by atomic mass is 32.2. The average molecular weight is 462 g/mol. The number of nitrogens with zero attached hydrogens (tertiary/aromatic N) is 2. The number of para-hydroxylation sites is 1. The van der Waals surface area contributed by atoms with E-state index >= 15 is 0 Å². The van der Waals surface area contributed by atoms with Crippen LogP contribution in [0.1, 0.15) is 25.3 Å². The topological polar surface area (TPSA) is 96.0 Å². The van der Waals surface area contributed by atoms with E-state index < -0.39 is 16.1 Å². The van der Waals surface area contributed by atoms with Crippen molar-refractivity contribution >= 4 is 27.5 Å². The molecule has 2 amide bonds. The van der Waals surface area contributed by atoms with E-state index in [-0.39, 0.29) is 31.3 Å². The molecule has 0 saturated carbocycles. The van der Waals surface area contributed by atoms with Crippen molar-refractivity contribution in [1.29, 1.82) is 0 Å². The van der Waals surface area contributed by atoms with Crippen molar-refractivity contribution in [2.45, 2.75) is 32.4 Å². The fourth-order valence-corrected chi connectivity index (χ4v) is 4.32. The van der Waals surface area contributed by atoms with E-state index in [9.17, 15) is 18.0 Å². The van der Waals surface area contributed by atoms with E-state index in [0.29, 0.717) is 17.9 Å². The Balaban J connectivity index is 2.14. The molecule has 0 spiro atoms. The van der Waals surface area contributed by atoms with Gasteiger partial charge in [-0.05, 0) is 43.2 Å². The second kappa shape index (κ2) is 11.5. The summed E-state index contributed by atoms with van der Waals surface area (Å²) in [4.78, 5) is 26.8. The molecule has 0 heterocycles. The highest BCUT2D eigenvalue weighted by molar-refractivity contribution is 7.92. The lowest BCUT2D eigenvalue weighted by atomic mass is 10.1. The Bertz CT molecular complexity index is 1010. The Morgan fingerprint density at radius 3 is 2.38 bits per heavy atom. The molecule has 0 fully saturated rings. The molecule has 1 N–H and O–H groups in total. The third-order valence-electron chi connectivity index (χ3n) is 5.10. The van der Waals surface area contributed by atoms with Gasteiger partial charge in [0.2, 0.25) is 21.8 Å². The van der Waals surface area contributed by atoms with E-state index in [4.69, 9.17) is 4.74 Å². The molecule has 0 aromatic heterocycles. The van der Waals surface area contributed by atoms with Crippen LogP contribution in [0.4, 0.5) is 5.69 Å². The molecule has 8 nitrogen and oxygen atoms in total. The highest BCUT2D eigenvalue weighted by Crippen LogP contribution is 2.19. The fraction of sp³-hybridized carbons (Fsp3) is 0.391. The van der Waals surface area contributed by atoms with Gasteiger partial charge in [0.15, 0.2) is 0 Å². The van der Waals surface area contributed by atoms with E-state index in [1.807, 2.05) is 24.3 Å². The molecular weight excluding hydrogens is 430 g/mol. The molecule has 0 saturated heterocycles. The number of amides is 2. The van der Waals surface area contributed by atoms with Gasteiger partial charge in [0.25, 0.3) is 0 Å². The molecule has 2 aromatic rings. The van der Waals surface area contributed by atoms with Crippen molar-refractivity contribution in [2.24, 2.45) is 0 Å². The summed E-state index contributed by atoms with van der Waals surface area (Å²) in [6.45, 7) is 2.07. The van der Waals surface area contributed by atoms with Crippen LogP contribution in [0.15, 0.2) is 54.6 Å². The molecule has 0 bridgehead atoms. The smallest absolute Gasteiger partial charge is 0.242 e. The van der Waals surface area contributed by atoms with Crippen molar-refractivity contribution in [1.82, 2.24) is 10.2 Å². The molecular formula is C23H31N3O5S. The number of benzene rings is 2. The molecule has 0 aliphatic heterocycles. The summed E-state index contributed by atoms with van der Waals surface area (Å²) in [7, 11) is -0.406. The summed E-state index contributed by atoms with van der Waals surface area (Å²) >= 11 is 0. The molecule has 1 unspecified atom stereocenters. The number of anilines is 1. The van der Waals surface area contributed by atoms with Gasteiger partial charge in [-0.25, -0.2) is 8.42 Å². The van der Waals surface area contributed by atoms with Crippen LogP contribution in [0, 0.1) is 0 Å². The van der Waals surface area contributed by atoms with Gasteiger partial charge in [-0.1, -0.05) is 30.3 Å². The van der Waals surface area contributed by atoms with Crippen LogP contribution in [-0.2, 0) is 26.2 Å². The van der Waals surface area contributed by atoms with Gasteiger partial charge < -0.3 is 15.0 Å². The molecule has 2 rings (SSSR count). The zero-order valence-electron chi connectivity index (χ0n) is 18.9. The minimum absolute atomic E-state index is 0.101. The SMILES string of the molecule is CNC(=O)C(C)N(Cc1cccc(OC)c1)C(=O)CCCN(c1ccccc1)S(C)(=O)=O. The number of ether oxygens (including phenoxy) is 1. The Labute approximate surface area is 190 Å². The highest BCUT2D eigenvalue weighted by Gasteiger charge is 2.26. The Hall–Kier alpha value is -3.07. The standard InChI is InChI=1S/C23H31N3O5S/c1-18(23(28)24-2)25(17-19-10-8-13-21(16-19)31-3)22(27)14-9-15-26(32(4,29)30)20-11-6-5-7-12-20/h5-8,10-13,16,18H,9,14-15,17H2,1-4H3,(H,24,28). The summed E-state index contributed by atoms with van der Waals surface area (Å²) in [5.41, 5.74) is 1.38. The zero-order chi connectivity index (χ0) is 23.7. The number of carbonyl (C=O) groups excluding carboxylic acids is 2. The molecule has 0 radical (unpaired) electrons. The molecule has 0 aliphatic carbocycles. The van der Waals surface area contributed by atoms with Gasteiger partial charge in [0.1, 0.15) is 11.8 Å². The van der Waals surface area contributed by atoms with Crippen molar-refractivity contribution < 1.29 is 22.7 Å². The van der Waals surface area contributed by atoms with Crippen LogP contribution in [0.2, 0.25) is 0 Å². The van der Waals surface area contributed by atoms with Crippen LogP contribution in [-0.4, -0.2) is 58.1 Å². The van der Waals surface area contributed by atoms with Gasteiger partial charge in [-0.2, -0.15) is 0 Å². The molecule has 1 atom stereocenters. The fourth-order valence-electron chi connectivity index (χ4n) is 3.36. The zero-order valence-corrected chi connectivity index (χ0v) is 19.8. The van der Waals surface area contributed by atoms with Gasteiger partial charge in [-0.3, -0.25) is 13.9 Å². The van der Waals surface area contributed by atoms with E-state index in [1.54, 1.807) is 44.4 Å². The van der Waals surface area contributed by atoms with Crippen molar-refractivity contribution in [2.75, 3.05) is 31.3 Å². The number of rotatable bonds is 11. The number of likely N-dealkylation sites (N-methyl/N-ethyl adjacent to an activating group) is 1. The first-order valence-corrected chi connectivity index (χ1v) is 12.2. The summed E-state index contributed by atoms with van der Waals surface area (Å²) in [6.07, 6.45) is 1.56. The number of methoxy groups -OCH3 is 1. The Kier molecular flexibility index (Phi) is 9.07. The first-order valence-electron chi connectivity index (χ1n) is 10.3. The number of carbonyl (C=O) groups is 2. The minimum atomic E-state index is -3.50. The first-order chi connectivity index (χ1) is 15.2. The van der Waals surface area contributed by atoms with E-state index in [0.717, 1.165) is 11.8 Å². The Morgan fingerprint density at radius 2 is 1.78 bits per heavy atom. The predicted octanol–water partition coefficient (Wildman–Crippen LogP) is 2.40. The average Bonchev–Trinajstić information content (AvgIpc) is 2.79. The van der Waals surface area contributed by atoms with Gasteiger partial charge in [0.05, 0.1) is 19.1 Å². The lowest BCUT2D eigenvalue weighted by Gasteiger charge is -2.29. The lowest BCUT2D eigenvalue weighted by Crippen LogP contribution is -2.46. The molecule has 32 heavy (non-hydrogen) atoms. The summed E-state index contributed by atoms with van der Waals surface area (Å²) in [6, 6.07) is 15.4. The minimum Gasteiger partial charge on any atom is -0.497 e. The maximum Gasteiger partial charge on any atom is 0.242 e. The van der Waals surface area contributed by atoms with Crippen molar-refractivity contribution in [3.63, 3.8) is 0 Å². The van der Waals surface area contributed by atoms with Crippen LogP contribution in [0.5, 0.6) is 5.75 Å². The van der Waals surface area contributed by atoms with Gasteiger partial charge in [0, 0.05) is 26.6 Å². The van der Waals surface area contributed by atoms with Crippen LogP contribution in [0.25, 0.3) is 0 Å². The third kappa shape index (κ3) is 6.98. The van der Waals surface area contributed by atoms with Crippen LogP contribution >= 0.6 is 0 Å². The maximum atomic E-state index is 13.1.